The van der Waals surface area contributed by atoms with Gasteiger partial charge in [0.2, 0.25) is 0 Å². The maximum absolute atomic E-state index is 12.8. The van der Waals surface area contributed by atoms with E-state index in [1.807, 2.05) is 11.6 Å². The van der Waals surface area contributed by atoms with Crippen molar-refractivity contribution in [1.82, 2.24) is 9.55 Å². The lowest BCUT2D eigenvalue weighted by Crippen LogP contribution is -2.18. The quantitative estimate of drug-likeness (QED) is 0.698. The summed E-state index contributed by atoms with van der Waals surface area (Å²) in [6.45, 7) is 5.71. The van der Waals surface area contributed by atoms with Crippen LogP contribution in [0.2, 0.25) is 0 Å². The fraction of sp³-hybridized carbons (Fsp3) is 0.524. The van der Waals surface area contributed by atoms with Crippen LogP contribution in [-0.2, 0) is 29.7 Å². The van der Waals surface area contributed by atoms with Gasteiger partial charge >= 0.3 is 0 Å². The van der Waals surface area contributed by atoms with Crippen LogP contribution in [0.1, 0.15) is 68.1 Å². The summed E-state index contributed by atoms with van der Waals surface area (Å²) < 4.78 is 27.5. The molecule has 27 heavy (non-hydrogen) atoms. The molecule has 3 rings (SSSR count). The van der Waals surface area contributed by atoms with E-state index in [1.54, 1.807) is 19.1 Å². The van der Waals surface area contributed by atoms with Gasteiger partial charge in [0, 0.05) is 20.2 Å². The number of carbonyl (C=O) groups excluding carboxylic acids is 1. The molecule has 2 aromatic heterocycles. The van der Waals surface area contributed by atoms with E-state index in [9.17, 15) is 13.2 Å². The normalized spacial score (nSPS) is 15.4. The van der Waals surface area contributed by atoms with Crippen molar-refractivity contribution in [3.8, 4) is 11.4 Å². The zero-order valence-electron chi connectivity index (χ0n) is 16.6. The Morgan fingerprint density at radius 1 is 1.15 bits per heavy atom. The lowest BCUT2D eigenvalue weighted by Gasteiger charge is -2.12. The highest BCUT2D eigenvalue weighted by Crippen LogP contribution is 2.33. The standard InChI is InChI=1S/C21H28N2O3S/c1-5-17-18(6-2)21(23(4)20(17)14(3)24)19-12-11-16(13-22-19)27(25,26)15-9-7-8-10-15/h11-13,15H,5-10H2,1-4H3. The van der Waals surface area contributed by atoms with E-state index in [4.69, 9.17) is 0 Å². The van der Waals surface area contributed by atoms with Crippen molar-refractivity contribution in [3.05, 3.63) is 35.2 Å². The van der Waals surface area contributed by atoms with Crippen molar-refractivity contribution < 1.29 is 13.2 Å². The summed E-state index contributed by atoms with van der Waals surface area (Å²) in [6, 6.07) is 3.45. The van der Waals surface area contributed by atoms with Gasteiger partial charge in [-0.3, -0.25) is 9.78 Å². The Morgan fingerprint density at radius 3 is 2.26 bits per heavy atom. The van der Waals surface area contributed by atoms with E-state index < -0.39 is 9.84 Å². The molecular formula is C21H28N2O3S. The number of hydrogen-bond acceptors (Lipinski definition) is 4. The van der Waals surface area contributed by atoms with E-state index >= 15 is 0 Å². The van der Waals surface area contributed by atoms with Crippen molar-refractivity contribution in [1.29, 1.82) is 0 Å². The van der Waals surface area contributed by atoms with Crippen molar-refractivity contribution in [2.75, 3.05) is 0 Å². The molecule has 0 atom stereocenters. The van der Waals surface area contributed by atoms with Gasteiger partial charge in [-0.1, -0.05) is 26.7 Å². The van der Waals surface area contributed by atoms with Gasteiger partial charge in [-0.2, -0.15) is 0 Å². The number of aromatic nitrogens is 2. The third-order valence-corrected chi connectivity index (χ3v) is 7.94. The number of sulfone groups is 1. The minimum atomic E-state index is -3.31. The summed E-state index contributed by atoms with van der Waals surface area (Å²) >= 11 is 0. The summed E-state index contributed by atoms with van der Waals surface area (Å²) in [6.07, 6.45) is 6.49. The zero-order valence-corrected chi connectivity index (χ0v) is 17.4. The van der Waals surface area contributed by atoms with Gasteiger partial charge < -0.3 is 4.57 Å². The van der Waals surface area contributed by atoms with Crippen molar-refractivity contribution in [2.45, 2.75) is 69.4 Å². The molecule has 0 unspecified atom stereocenters. The van der Waals surface area contributed by atoms with Crippen LogP contribution in [0, 0.1) is 0 Å². The molecule has 0 bridgehead atoms. The van der Waals surface area contributed by atoms with Crippen LogP contribution in [0.25, 0.3) is 11.4 Å². The first-order valence-corrected chi connectivity index (χ1v) is 11.3. The number of carbonyl (C=O) groups is 1. The Labute approximate surface area is 161 Å². The number of rotatable bonds is 6. The Hall–Kier alpha value is -1.95. The van der Waals surface area contributed by atoms with Crippen LogP contribution in [0.3, 0.4) is 0 Å². The fourth-order valence-corrected chi connectivity index (χ4v) is 6.22. The van der Waals surface area contributed by atoms with E-state index in [0.717, 1.165) is 55.3 Å². The molecule has 1 fully saturated rings. The molecular weight excluding hydrogens is 360 g/mol. The van der Waals surface area contributed by atoms with Crippen LogP contribution in [0.4, 0.5) is 0 Å². The summed E-state index contributed by atoms with van der Waals surface area (Å²) in [4.78, 5) is 17.0. The second-order valence-electron chi connectivity index (χ2n) is 7.31. The molecule has 146 valence electrons. The van der Waals surface area contributed by atoms with E-state index in [-0.39, 0.29) is 11.0 Å². The molecule has 0 amide bonds. The van der Waals surface area contributed by atoms with Gasteiger partial charge in [0.25, 0.3) is 0 Å². The second-order valence-corrected chi connectivity index (χ2v) is 9.54. The minimum absolute atomic E-state index is 0.0377. The Kier molecular flexibility index (Phi) is 5.56. The van der Waals surface area contributed by atoms with Gasteiger partial charge in [0.1, 0.15) is 0 Å². The monoisotopic (exact) mass is 388 g/mol. The van der Waals surface area contributed by atoms with E-state index in [0.29, 0.717) is 16.3 Å². The van der Waals surface area contributed by atoms with Crippen LogP contribution in [0.5, 0.6) is 0 Å². The molecule has 6 heteroatoms. The highest BCUT2D eigenvalue weighted by molar-refractivity contribution is 7.92. The van der Waals surface area contributed by atoms with Gasteiger partial charge in [-0.15, -0.1) is 0 Å². The molecule has 0 aromatic carbocycles. The molecule has 5 nitrogen and oxygen atoms in total. The Balaban J connectivity index is 2.07. The number of Topliss-reactive ketones (excluding diaryl/α,β-unsaturated/α-hetero) is 1. The number of pyridine rings is 1. The second kappa shape index (κ2) is 7.58. The van der Waals surface area contributed by atoms with Gasteiger partial charge in [0.15, 0.2) is 15.6 Å². The lowest BCUT2D eigenvalue weighted by atomic mass is 10.0. The topological polar surface area (TPSA) is 69.0 Å². The predicted octanol–water partition coefficient (Wildman–Crippen LogP) is 4.13. The van der Waals surface area contributed by atoms with Crippen molar-refractivity contribution in [2.24, 2.45) is 7.05 Å². The first kappa shape index (κ1) is 19.8. The van der Waals surface area contributed by atoms with Gasteiger partial charge in [-0.25, -0.2) is 8.42 Å². The highest BCUT2D eigenvalue weighted by atomic mass is 32.2. The number of hydrogen-bond donors (Lipinski definition) is 0. The Morgan fingerprint density at radius 2 is 1.78 bits per heavy atom. The largest absolute Gasteiger partial charge is 0.340 e. The molecule has 0 radical (unpaired) electrons. The third-order valence-electron chi connectivity index (χ3n) is 5.70. The predicted molar refractivity (Wildman–Crippen MR) is 107 cm³/mol. The molecule has 1 aliphatic rings. The Bertz CT molecular complexity index is 950. The smallest absolute Gasteiger partial charge is 0.182 e. The SMILES string of the molecule is CCc1c(CC)c(-c2ccc(S(=O)(=O)C3CCCC3)cn2)n(C)c1C(C)=O. The summed E-state index contributed by atoms with van der Waals surface area (Å²) in [5.41, 5.74) is 4.51. The average Bonchev–Trinajstić information content (AvgIpc) is 3.27. The fourth-order valence-electron chi connectivity index (χ4n) is 4.42. The molecule has 1 saturated carbocycles. The molecule has 0 saturated heterocycles. The first-order valence-electron chi connectivity index (χ1n) is 9.74. The van der Waals surface area contributed by atoms with Crippen LogP contribution < -0.4 is 0 Å². The molecule has 0 spiro atoms. The summed E-state index contributed by atoms with van der Waals surface area (Å²) in [5.74, 6) is 0.0377. The number of ketones is 1. The van der Waals surface area contributed by atoms with Crippen molar-refractivity contribution in [3.63, 3.8) is 0 Å². The average molecular weight is 389 g/mol. The van der Waals surface area contributed by atoms with Crippen molar-refractivity contribution >= 4 is 15.6 Å². The van der Waals surface area contributed by atoms with Crippen LogP contribution >= 0.6 is 0 Å². The maximum Gasteiger partial charge on any atom is 0.182 e. The molecule has 2 heterocycles. The summed E-state index contributed by atoms with van der Waals surface area (Å²) in [5, 5.41) is -0.276. The molecule has 1 aliphatic carbocycles. The maximum atomic E-state index is 12.8. The number of nitrogens with zero attached hydrogens (tertiary/aromatic N) is 2. The molecule has 0 aliphatic heterocycles. The zero-order chi connectivity index (χ0) is 19.8. The van der Waals surface area contributed by atoms with Crippen LogP contribution in [0.15, 0.2) is 23.2 Å². The molecule has 2 aromatic rings. The minimum Gasteiger partial charge on any atom is -0.340 e. The first-order chi connectivity index (χ1) is 12.8. The highest BCUT2D eigenvalue weighted by Gasteiger charge is 2.31. The lowest BCUT2D eigenvalue weighted by molar-refractivity contribution is 0.100. The van der Waals surface area contributed by atoms with Gasteiger partial charge in [0.05, 0.1) is 27.2 Å². The van der Waals surface area contributed by atoms with E-state index in [2.05, 4.69) is 18.8 Å². The van der Waals surface area contributed by atoms with E-state index in [1.165, 1.54) is 6.20 Å². The molecule has 0 N–H and O–H groups in total. The van der Waals surface area contributed by atoms with Crippen LogP contribution in [-0.4, -0.2) is 29.0 Å². The van der Waals surface area contributed by atoms with Gasteiger partial charge in [-0.05, 0) is 48.9 Å². The summed E-state index contributed by atoms with van der Waals surface area (Å²) in [7, 11) is -1.42. The third kappa shape index (κ3) is 3.35.